The van der Waals surface area contributed by atoms with Crippen molar-refractivity contribution in [3.05, 3.63) is 0 Å². The molecule has 23 heavy (non-hydrogen) atoms. The lowest BCUT2D eigenvalue weighted by Crippen LogP contribution is -2.52. The lowest BCUT2D eigenvalue weighted by Gasteiger charge is -2.33. The number of hydrogen-bond acceptors (Lipinski definition) is 4. The summed E-state index contributed by atoms with van der Waals surface area (Å²) in [5, 5.41) is 5.98. The van der Waals surface area contributed by atoms with Crippen molar-refractivity contribution in [1.29, 1.82) is 0 Å². The third kappa shape index (κ3) is 2.22. The predicted molar refractivity (Wildman–Crippen MR) is 85.3 cm³/mol. The summed E-state index contributed by atoms with van der Waals surface area (Å²) in [5.41, 5.74) is 4.93. The van der Waals surface area contributed by atoms with Crippen molar-refractivity contribution in [1.82, 2.24) is 10.6 Å². The number of fused-ring (bicyclic) bond motifs is 1. The molecule has 1 saturated heterocycles. The van der Waals surface area contributed by atoms with E-state index in [4.69, 9.17) is 5.73 Å². The van der Waals surface area contributed by atoms with Crippen LogP contribution in [0, 0.1) is 22.7 Å². The Hall–Kier alpha value is -1.43. The number of nitrogens with one attached hydrogen (secondary N) is 2. The fraction of sp³-hybridized carbons (Fsp3) is 0.824. The van der Waals surface area contributed by atoms with Gasteiger partial charge in [-0.2, -0.15) is 0 Å². The van der Waals surface area contributed by atoms with Gasteiger partial charge >= 0.3 is 0 Å². The van der Waals surface area contributed by atoms with Crippen LogP contribution in [0.4, 0.5) is 0 Å². The van der Waals surface area contributed by atoms with Crippen LogP contribution in [0.3, 0.4) is 0 Å². The second-order valence-corrected chi connectivity index (χ2v) is 7.90. The Morgan fingerprint density at radius 1 is 1.30 bits per heavy atom. The second-order valence-electron chi connectivity index (χ2n) is 7.90. The maximum Gasteiger partial charge on any atom is 0.287 e. The molecule has 6 nitrogen and oxygen atoms in total. The summed E-state index contributed by atoms with van der Waals surface area (Å²) < 4.78 is 0. The van der Waals surface area contributed by atoms with Crippen LogP contribution in [0.5, 0.6) is 0 Å². The van der Waals surface area contributed by atoms with Gasteiger partial charge in [0.2, 0.25) is 11.7 Å². The quantitative estimate of drug-likeness (QED) is 0.589. The molecule has 4 N–H and O–H groups in total. The summed E-state index contributed by atoms with van der Waals surface area (Å²) in [6.45, 7) is 6.85. The summed E-state index contributed by atoms with van der Waals surface area (Å²) in [5.74, 6) is -1.52. The number of rotatable bonds is 7. The molecule has 3 rings (SSSR count). The van der Waals surface area contributed by atoms with Gasteiger partial charge in [0.15, 0.2) is 0 Å². The molecule has 0 aromatic rings. The summed E-state index contributed by atoms with van der Waals surface area (Å²) in [4.78, 5) is 37.2. The molecule has 6 heteroatoms. The van der Waals surface area contributed by atoms with Crippen LogP contribution in [0.2, 0.25) is 0 Å². The van der Waals surface area contributed by atoms with Gasteiger partial charge in [0.1, 0.15) is 0 Å². The first kappa shape index (κ1) is 16.4. The van der Waals surface area contributed by atoms with Crippen molar-refractivity contribution in [2.75, 3.05) is 6.54 Å². The highest BCUT2D eigenvalue weighted by Gasteiger charge is 2.81. The Kier molecular flexibility index (Phi) is 3.78. The van der Waals surface area contributed by atoms with Crippen LogP contribution >= 0.6 is 0 Å². The fourth-order valence-corrected chi connectivity index (χ4v) is 5.09. The predicted octanol–water partition coefficient (Wildman–Crippen LogP) is 0.350. The number of primary amides is 1. The van der Waals surface area contributed by atoms with E-state index in [1.807, 2.05) is 6.92 Å². The zero-order chi connectivity index (χ0) is 17.0. The first-order valence-electron chi connectivity index (χ1n) is 8.65. The highest BCUT2D eigenvalue weighted by molar-refractivity contribution is 6.37. The normalized spacial score (nSPS) is 35.3. The molecule has 0 aromatic carbocycles. The Balaban J connectivity index is 1.90. The van der Waals surface area contributed by atoms with E-state index in [-0.39, 0.29) is 23.2 Å². The number of nitrogens with two attached hydrogens (primary N) is 1. The molecule has 1 aliphatic heterocycles. The third-order valence-electron chi connectivity index (χ3n) is 6.38. The van der Waals surface area contributed by atoms with Crippen LogP contribution in [-0.2, 0) is 14.4 Å². The minimum Gasteiger partial charge on any atom is -0.368 e. The van der Waals surface area contributed by atoms with Gasteiger partial charge in [-0.1, -0.05) is 27.2 Å². The third-order valence-corrected chi connectivity index (χ3v) is 6.38. The molecular weight excluding hydrogens is 294 g/mol. The van der Waals surface area contributed by atoms with Crippen LogP contribution in [0.25, 0.3) is 0 Å². The monoisotopic (exact) mass is 321 g/mol. The molecule has 3 fully saturated rings. The minimum absolute atomic E-state index is 0.155. The average molecular weight is 321 g/mol. The highest BCUT2D eigenvalue weighted by Crippen LogP contribution is 2.76. The van der Waals surface area contributed by atoms with E-state index in [2.05, 4.69) is 24.5 Å². The van der Waals surface area contributed by atoms with Gasteiger partial charge < -0.3 is 16.4 Å². The smallest absolute Gasteiger partial charge is 0.287 e. The summed E-state index contributed by atoms with van der Waals surface area (Å²) in [7, 11) is 0. The van der Waals surface area contributed by atoms with Crippen molar-refractivity contribution in [2.24, 2.45) is 28.4 Å². The number of carbonyl (C=O) groups excluding carboxylic acids is 3. The van der Waals surface area contributed by atoms with Crippen molar-refractivity contribution < 1.29 is 14.4 Å². The van der Waals surface area contributed by atoms with Crippen molar-refractivity contribution in [3.63, 3.8) is 0 Å². The Morgan fingerprint density at radius 2 is 1.96 bits per heavy atom. The molecule has 2 amide bonds. The number of hydrogen-bond donors (Lipinski definition) is 3. The molecule has 3 unspecified atom stereocenters. The first-order valence-corrected chi connectivity index (χ1v) is 8.65. The van der Waals surface area contributed by atoms with E-state index < -0.39 is 29.2 Å². The topological polar surface area (TPSA) is 101 Å². The summed E-state index contributed by atoms with van der Waals surface area (Å²) >= 11 is 0. The minimum atomic E-state index is -0.531. The maximum atomic E-state index is 12.9. The van der Waals surface area contributed by atoms with Crippen molar-refractivity contribution in [3.8, 4) is 0 Å². The molecule has 0 spiro atoms. The summed E-state index contributed by atoms with van der Waals surface area (Å²) in [6, 6.07) is -0.375. The Bertz CT molecular complexity index is 555. The largest absolute Gasteiger partial charge is 0.368 e. The van der Waals surface area contributed by atoms with Crippen LogP contribution in [0.1, 0.15) is 46.5 Å². The van der Waals surface area contributed by atoms with E-state index in [0.717, 1.165) is 19.3 Å². The number of amides is 2. The van der Waals surface area contributed by atoms with Gasteiger partial charge in [-0.3, -0.25) is 14.4 Å². The van der Waals surface area contributed by atoms with Crippen molar-refractivity contribution in [2.45, 2.75) is 58.5 Å². The van der Waals surface area contributed by atoms with Gasteiger partial charge in [-0.05, 0) is 37.1 Å². The van der Waals surface area contributed by atoms with Gasteiger partial charge in [0.05, 0.1) is 6.04 Å². The van der Waals surface area contributed by atoms with E-state index in [1.165, 1.54) is 0 Å². The number of Topliss-reactive ketones (excluding diaryl/α,β-unsaturated/α-hetero) is 1. The van der Waals surface area contributed by atoms with E-state index in [1.54, 1.807) is 0 Å². The molecular formula is C17H27N3O3. The van der Waals surface area contributed by atoms with Crippen LogP contribution < -0.4 is 16.4 Å². The Morgan fingerprint density at radius 3 is 2.43 bits per heavy atom. The van der Waals surface area contributed by atoms with E-state index >= 15 is 0 Å². The number of ketones is 1. The fourth-order valence-electron chi connectivity index (χ4n) is 5.09. The van der Waals surface area contributed by atoms with Gasteiger partial charge in [0, 0.05) is 17.4 Å². The van der Waals surface area contributed by atoms with Gasteiger partial charge in [0.25, 0.3) is 5.91 Å². The van der Waals surface area contributed by atoms with E-state index in [0.29, 0.717) is 13.0 Å². The highest BCUT2D eigenvalue weighted by atomic mass is 16.2. The van der Waals surface area contributed by atoms with Crippen molar-refractivity contribution >= 4 is 17.6 Å². The van der Waals surface area contributed by atoms with Gasteiger partial charge in [-0.25, -0.2) is 0 Å². The Labute approximate surface area is 136 Å². The molecule has 0 aromatic heterocycles. The lowest BCUT2D eigenvalue weighted by atomic mass is 9.72. The van der Waals surface area contributed by atoms with Crippen LogP contribution in [0.15, 0.2) is 0 Å². The molecule has 2 aliphatic carbocycles. The maximum absolute atomic E-state index is 12.9. The standard InChI is InChI=1S/C17H27N3O3/c1-4-5-10(12(21)15(23)20-9-6-7-9)17-11(16(17,2)3)8-19-13(17)14(18)22/h9-11,13,19H,4-8H2,1-3H3,(H2,18,22)(H,20,23)/t10-,11?,13?,17?/m1/s1. The SMILES string of the molecule is CCC[C@H](C(=O)C(=O)NC1CC1)C12C(C(N)=O)NCC1C2(C)C. The van der Waals surface area contributed by atoms with Gasteiger partial charge in [-0.15, -0.1) is 0 Å². The zero-order valence-corrected chi connectivity index (χ0v) is 14.1. The molecule has 3 aliphatic rings. The molecule has 2 saturated carbocycles. The number of piperidine rings is 1. The number of carbonyl (C=O) groups is 3. The first-order chi connectivity index (χ1) is 10.8. The molecule has 0 bridgehead atoms. The second kappa shape index (κ2) is 5.30. The molecule has 0 radical (unpaired) electrons. The lowest BCUT2D eigenvalue weighted by molar-refractivity contribution is -0.143. The molecule has 128 valence electrons. The zero-order valence-electron chi connectivity index (χ0n) is 14.1. The molecule has 4 atom stereocenters. The molecule has 1 heterocycles. The van der Waals surface area contributed by atoms with E-state index in [9.17, 15) is 14.4 Å². The average Bonchev–Trinajstić information content (AvgIpc) is 3.30. The van der Waals surface area contributed by atoms with Crippen LogP contribution in [-0.4, -0.2) is 36.2 Å². The summed E-state index contributed by atoms with van der Waals surface area (Å²) in [6.07, 6.45) is 3.30.